The molecule has 1 aromatic rings. The van der Waals surface area contributed by atoms with Crippen molar-refractivity contribution in [2.45, 2.75) is 40.2 Å². The van der Waals surface area contributed by atoms with Crippen LogP contribution in [-0.2, 0) is 13.6 Å². The van der Waals surface area contributed by atoms with Gasteiger partial charge in [-0.2, -0.15) is 5.10 Å². The molecule has 0 radical (unpaired) electrons. The quantitative estimate of drug-likeness (QED) is 0.681. The number of hydrogen-bond acceptors (Lipinski definition) is 3. The number of nitrogens with one attached hydrogen (secondary N) is 2. The Bertz CT molecular complexity index is 443. The molecule has 2 amide bonds. The van der Waals surface area contributed by atoms with E-state index in [9.17, 15) is 4.79 Å². The average molecular weight is 296 g/mol. The van der Waals surface area contributed by atoms with Gasteiger partial charge in [-0.1, -0.05) is 13.8 Å². The number of carbonyl (C=O) groups is 1. The van der Waals surface area contributed by atoms with E-state index in [0.717, 1.165) is 24.1 Å². The summed E-state index contributed by atoms with van der Waals surface area (Å²) in [7, 11) is 1.88. The number of hydrogen-bond donors (Lipinski definition) is 3. The van der Waals surface area contributed by atoms with Gasteiger partial charge in [0, 0.05) is 38.0 Å². The number of aryl methyl sites for hydroxylation is 1. The minimum atomic E-state index is -0.176. The fraction of sp³-hybridized carbons (Fsp3) is 0.733. The zero-order valence-corrected chi connectivity index (χ0v) is 13.5. The lowest BCUT2D eigenvalue weighted by Gasteiger charge is -2.18. The zero-order valence-electron chi connectivity index (χ0n) is 13.5. The first-order valence-corrected chi connectivity index (χ1v) is 7.54. The van der Waals surface area contributed by atoms with Crippen molar-refractivity contribution in [2.24, 2.45) is 18.9 Å². The standard InChI is InChI=1S/C15H28N4O2/c1-11(2)7-13(5-6-20)8-16-15(21)17-9-14-10-18-19(4)12(14)3/h10-11,13,20H,5-9H2,1-4H3,(H2,16,17,21). The van der Waals surface area contributed by atoms with Gasteiger partial charge in [-0.15, -0.1) is 0 Å². The van der Waals surface area contributed by atoms with Gasteiger partial charge in [0.05, 0.1) is 6.20 Å². The zero-order chi connectivity index (χ0) is 15.8. The Morgan fingerprint density at radius 2 is 2.14 bits per heavy atom. The normalized spacial score (nSPS) is 12.5. The Kier molecular flexibility index (Phi) is 7.22. The lowest BCUT2D eigenvalue weighted by molar-refractivity contribution is 0.225. The molecule has 3 N–H and O–H groups in total. The third-order valence-electron chi connectivity index (χ3n) is 3.67. The van der Waals surface area contributed by atoms with E-state index in [1.807, 2.05) is 14.0 Å². The fourth-order valence-electron chi connectivity index (χ4n) is 2.35. The van der Waals surface area contributed by atoms with E-state index >= 15 is 0 Å². The van der Waals surface area contributed by atoms with E-state index in [1.165, 1.54) is 0 Å². The summed E-state index contributed by atoms with van der Waals surface area (Å²) in [6.07, 6.45) is 3.49. The van der Waals surface area contributed by atoms with Crippen molar-refractivity contribution in [1.29, 1.82) is 0 Å². The molecule has 0 aliphatic rings. The summed E-state index contributed by atoms with van der Waals surface area (Å²) < 4.78 is 1.79. The topological polar surface area (TPSA) is 79.2 Å². The highest BCUT2D eigenvalue weighted by molar-refractivity contribution is 5.73. The molecule has 0 aromatic carbocycles. The highest BCUT2D eigenvalue weighted by atomic mass is 16.3. The van der Waals surface area contributed by atoms with E-state index in [-0.39, 0.29) is 12.6 Å². The van der Waals surface area contributed by atoms with Crippen molar-refractivity contribution >= 4 is 6.03 Å². The summed E-state index contributed by atoms with van der Waals surface area (Å²) >= 11 is 0. The van der Waals surface area contributed by atoms with Gasteiger partial charge in [-0.3, -0.25) is 4.68 Å². The smallest absolute Gasteiger partial charge is 0.315 e. The van der Waals surface area contributed by atoms with Gasteiger partial charge in [-0.05, 0) is 31.6 Å². The van der Waals surface area contributed by atoms with Gasteiger partial charge in [0.1, 0.15) is 0 Å². The van der Waals surface area contributed by atoms with E-state index in [1.54, 1.807) is 10.9 Å². The summed E-state index contributed by atoms with van der Waals surface area (Å²) in [5, 5.41) is 18.9. The Balaban J connectivity index is 2.34. The monoisotopic (exact) mass is 296 g/mol. The molecule has 1 atom stereocenters. The minimum absolute atomic E-state index is 0.162. The fourth-order valence-corrected chi connectivity index (χ4v) is 2.35. The van der Waals surface area contributed by atoms with Crippen molar-refractivity contribution in [3.63, 3.8) is 0 Å². The van der Waals surface area contributed by atoms with E-state index < -0.39 is 0 Å². The van der Waals surface area contributed by atoms with Crippen molar-refractivity contribution in [1.82, 2.24) is 20.4 Å². The lowest BCUT2D eigenvalue weighted by Crippen LogP contribution is -2.38. The first-order valence-electron chi connectivity index (χ1n) is 7.54. The first kappa shape index (κ1) is 17.5. The van der Waals surface area contributed by atoms with Crippen LogP contribution < -0.4 is 10.6 Å². The molecule has 6 heteroatoms. The highest BCUT2D eigenvalue weighted by Crippen LogP contribution is 2.14. The number of urea groups is 1. The van der Waals surface area contributed by atoms with Gasteiger partial charge in [0.2, 0.25) is 0 Å². The maximum absolute atomic E-state index is 11.8. The molecular weight excluding hydrogens is 268 g/mol. The molecule has 0 aliphatic heterocycles. The molecule has 0 saturated heterocycles. The van der Waals surface area contributed by atoms with E-state index in [2.05, 4.69) is 29.6 Å². The number of aliphatic hydroxyl groups excluding tert-OH is 1. The Hall–Kier alpha value is -1.56. The number of aliphatic hydroxyl groups is 1. The van der Waals surface area contributed by atoms with Crippen LogP contribution in [0.5, 0.6) is 0 Å². The van der Waals surface area contributed by atoms with Crippen LogP contribution in [0, 0.1) is 18.8 Å². The van der Waals surface area contributed by atoms with Crippen molar-refractivity contribution in [2.75, 3.05) is 13.2 Å². The summed E-state index contributed by atoms with van der Waals surface area (Å²) in [6, 6.07) is -0.176. The molecular formula is C15H28N4O2. The second-order valence-corrected chi connectivity index (χ2v) is 5.95. The molecule has 21 heavy (non-hydrogen) atoms. The van der Waals surface area contributed by atoms with Crippen molar-refractivity contribution in [3.8, 4) is 0 Å². The molecule has 0 spiro atoms. The molecule has 1 unspecified atom stereocenters. The molecule has 120 valence electrons. The molecule has 0 saturated carbocycles. The van der Waals surface area contributed by atoms with E-state index in [4.69, 9.17) is 5.11 Å². The molecule has 1 aromatic heterocycles. The van der Waals surface area contributed by atoms with Gasteiger partial charge in [0.15, 0.2) is 0 Å². The Morgan fingerprint density at radius 3 is 2.67 bits per heavy atom. The number of amides is 2. The minimum Gasteiger partial charge on any atom is -0.396 e. The third kappa shape index (κ3) is 6.16. The molecule has 0 aliphatic carbocycles. The highest BCUT2D eigenvalue weighted by Gasteiger charge is 2.12. The number of nitrogens with zero attached hydrogens (tertiary/aromatic N) is 2. The van der Waals surface area contributed by atoms with Crippen molar-refractivity contribution < 1.29 is 9.90 Å². The van der Waals surface area contributed by atoms with Crippen LogP contribution in [0.25, 0.3) is 0 Å². The summed E-state index contributed by atoms with van der Waals surface area (Å²) in [5.41, 5.74) is 2.06. The van der Waals surface area contributed by atoms with Crippen LogP contribution in [0.2, 0.25) is 0 Å². The largest absolute Gasteiger partial charge is 0.396 e. The summed E-state index contributed by atoms with van der Waals surface area (Å²) in [6.45, 7) is 7.50. The lowest BCUT2D eigenvalue weighted by atomic mass is 9.94. The van der Waals surface area contributed by atoms with Crippen LogP contribution >= 0.6 is 0 Å². The Labute approximate surface area is 126 Å². The van der Waals surface area contributed by atoms with Crippen LogP contribution in [-0.4, -0.2) is 34.1 Å². The molecule has 6 nitrogen and oxygen atoms in total. The first-order chi connectivity index (χ1) is 9.93. The average Bonchev–Trinajstić information content (AvgIpc) is 2.73. The summed E-state index contributed by atoms with van der Waals surface area (Å²) in [4.78, 5) is 11.8. The van der Waals surface area contributed by atoms with Gasteiger partial charge >= 0.3 is 6.03 Å². The predicted octanol–water partition coefficient (Wildman–Crippen LogP) is 1.57. The Morgan fingerprint density at radius 1 is 1.43 bits per heavy atom. The molecule has 1 rings (SSSR count). The van der Waals surface area contributed by atoms with Gasteiger partial charge in [0.25, 0.3) is 0 Å². The second kappa shape index (κ2) is 8.67. The SMILES string of the molecule is Cc1c(CNC(=O)NCC(CCO)CC(C)C)cnn1C. The number of rotatable bonds is 8. The second-order valence-electron chi connectivity index (χ2n) is 5.95. The van der Waals surface area contributed by atoms with Gasteiger partial charge in [-0.25, -0.2) is 4.79 Å². The van der Waals surface area contributed by atoms with Crippen LogP contribution in [0.15, 0.2) is 6.20 Å². The molecule has 0 fully saturated rings. The molecule has 1 heterocycles. The van der Waals surface area contributed by atoms with Crippen LogP contribution in [0.1, 0.15) is 37.9 Å². The summed E-state index contributed by atoms with van der Waals surface area (Å²) in [5.74, 6) is 0.880. The number of aromatic nitrogens is 2. The maximum Gasteiger partial charge on any atom is 0.315 e. The maximum atomic E-state index is 11.8. The predicted molar refractivity (Wildman–Crippen MR) is 82.8 cm³/mol. The van der Waals surface area contributed by atoms with Crippen molar-refractivity contribution in [3.05, 3.63) is 17.5 Å². The third-order valence-corrected chi connectivity index (χ3v) is 3.67. The number of carbonyl (C=O) groups excluding carboxylic acids is 1. The van der Waals surface area contributed by atoms with Crippen LogP contribution in [0.3, 0.4) is 0 Å². The van der Waals surface area contributed by atoms with Gasteiger partial charge < -0.3 is 15.7 Å². The van der Waals surface area contributed by atoms with E-state index in [0.29, 0.717) is 24.9 Å². The molecule has 0 bridgehead atoms. The van der Waals surface area contributed by atoms with Crippen LogP contribution in [0.4, 0.5) is 4.79 Å².